The zero-order valence-corrected chi connectivity index (χ0v) is 16.1. The number of nitrogens with one attached hydrogen (secondary N) is 1. The fourth-order valence-corrected chi connectivity index (χ4v) is 3.87. The van der Waals surface area contributed by atoms with E-state index in [1.54, 1.807) is 7.05 Å². The van der Waals surface area contributed by atoms with E-state index in [0.717, 1.165) is 18.0 Å². The minimum absolute atomic E-state index is 0.128. The Hall–Kier alpha value is -2.61. The molecule has 0 atom stereocenters. The maximum absolute atomic E-state index is 11.5. The Labute approximate surface area is 164 Å². The number of nitrogens with zero attached hydrogens (tertiary/aromatic N) is 3. The van der Waals surface area contributed by atoms with Crippen molar-refractivity contribution in [3.8, 4) is 11.5 Å². The molecule has 1 aliphatic carbocycles. The second-order valence-corrected chi connectivity index (χ2v) is 7.34. The highest BCUT2D eigenvalue weighted by Crippen LogP contribution is 2.33. The van der Waals surface area contributed by atoms with Crippen LogP contribution in [0.15, 0.2) is 22.7 Å². The van der Waals surface area contributed by atoms with Crippen molar-refractivity contribution in [2.75, 3.05) is 13.8 Å². The lowest BCUT2D eigenvalue weighted by atomic mass is 9.94. The van der Waals surface area contributed by atoms with E-state index in [9.17, 15) is 4.79 Å². The quantitative estimate of drug-likeness (QED) is 0.781. The molecule has 1 aliphatic heterocycles. The highest BCUT2D eigenvalue weighted by molar-refractivity contribution is 5.77. The number of carbonyl (C=O) groups excluding carboxylic acids is 1. The Morgan fingerprint density at radius 2 is 2.00 bits per heavy atom. The summed E-state index contributed by atoms with van der Waals surface area (Å²) in [6.07, 6.45) is 6.26. The third kappa shape index (κ3) is 4.44. The van der Waals surface area contributed by atoms with Gasteiger partial charge in [0.15, 0.2) is 17.3 Å². The summed E-state index contributed by atoms with van der Waals surface area (Å²) in [5.41, 5.74) is 1.17. The number of hydrogen-bond acceptors (Lipinski definition) is 7. The number of likely N-dealkylation sites (N-methyl/N-ethyl adjacent to an activating group) is 1. The third-order valence-electron chi connectivity index (χ3n) is 5.36. The molecule has 2 aromatic rings. The predicted molar refractivity (Wildman–Crippen MR) is 101 cm³/mol. The maximum Gasteiger partial charge on any atom is 0.240 e. The molecule has 8 nitrogen and oxygen atoms in total. The SMILES string of the molecule is CNC(=O)Cc1noc(CN(Cc2ccc3c(c2)OCO3)C2CCCCC2)n1. The van der Waals surface area contributed by atoms with Crippen molar-refractivity contribution < 1.29 is 18.8 Å². The van der Waals surface area contributed by atoms with Crippen molar-refractivity contribution >= 4 is 5.91 Å². The van der Waals surface area contributed by atoms with Crippen LogP contribution in [0.4, 0.5) is 0 Å². The van der Waals surface area contributed by atoms with Crippen LogP contribution in [0.5, 0.6) is 11.5 Å². The Morgan fingerprint density at radius 3 is 2.82 bits per heavy atom. The van der Waals surface area contributed by atoms with Gasteiger partial charge in [-0.25, -0.2) is 0 Å². The van der Waals surface area contributed by atoms with Crippen LogP contribution in [-0.4, -0.2) is 40.8 Å². The lowest BCUT2D eigenvalue weighted by molar-refractivity contribution is -0.120. The summed E-state index contributed by atoms with van der Waals surface area (Å²) >= 11 is 0. The van der Waals surface area contributed by atoms with E-state index < -0.39 is 0 Å². The van der Waals surface area contributed by atoms with Crippen molar-refractivity contribution in [1.29, 1.82) is 0 Å². The topological polar surface area (TPSA) is 89.7 Å². The van der Waals surface area contributed by atoms with Gasteiger partial charge in [-0.15, -0.1) is 0 Å². The Morgan fingerprint density at radius 1 is 1.18 bits per heavy atom. The van der Waals surface area contributed by atoms with E-state index in [1.165, 1.54) is 37.7 Å². The number of fused-ring (bicyclic) bond motifs is 1. The molecule has 28 heavy (non-hydrogen) atoms. The third-order valence-corrected chi connectivity index (χ3v) is 5.36. The summed E-state index contributed by atoms with van der Waals surface area (Å²) < 4.78 is 16.3. The number of ether oxygens (including phenoxy) is 2. The molecule has 1 N–H and O–H groups in total. The van der Waals surface area contributed by atoms with Gasteiger partial charge in [-0.2, -0.15) is 4.98 Å². The van der Waals surface area contributed by atoms with Crippen LogP contribution < -0.4 is 14.8 Å². The molecule has 1 saturated carbocycles. The van der Waals surface area contributed by atoms with Crippen molar-refractivity contribution in [2.45, 2.75) is 57.7 Å². The molecule has 0 spiro atoms. The zero-order chi connectivity index (χ0) is 19.3. The lowest BCUT2D eigenvalue weighted by Crippen LogP contribution is -2.36. The first-order chi connectivity index (χ1) is 13.7. The first kappa shape index (κ1) is 18.7. The van der Waals surface area contributed by atoms with Crippen LogP contribution in [0.3, 0.4) is 0 Å². The highest BCUT2D eigenvalue weighted by atomic mass is 16.7. The monoisotopic (exact) mass is 386 g/mol. The molecule has 1 amide bonds. The average Bonchev–Trinajstić information content (AvgIpc) is 3.37. The molecule has 4 rings (SSSR count). The van der Waals surface area contributed by atoms with Gasteiger partial charge in [0, 0.05) is 19.6 Å². The molecule has 0 bridgehead atoms. The van der Waals surface area contributed by atoms with Gasteiger partial charge in [0.2, 0.25) is 18.6 Å². The van der Waals surface area contributed by atoms with E-state index in [1.807, 2.05) is 12.1 Å². The zero-order valence-electron chi connectivity index (χ0n) is 16.1. The normalized spacial score (nSPS) is 16.5. The standard InChI is InChI=1S/C20H26N4O4/c1-21-19(25)10-18-22-20(28-23-18)12-24(15-5-3-2-4-6-15)11-14-7-8-16-17(9-14)27-13-26-16/h7-9,15H,2-6,10-13H2,1H3,(H,21,25). The summed E-state index contributed by atoms with van der Waals surface area (Å²) in [7, 11) is 1.60. The highest BCUT2D eigenvalue weighted by Gasteiger charge is 2.24. The fraction of sp³-hybridized carbons (Fsp3) is 0.550. The summed E-state index contributed by atoms with van der Waals surface area (Å²) in [6.45, 7) is 1.62. The molecule has 2 aliphatic rings. The molecule has 1 aromatic carbocycles. The van der Waals surface area contributed by atoms with Crippen molar-refractivity contribution in [2.24, 2.45) is 0 Å². The minimum atomic E-state index is -0.128. The maximum atomic E-state index is 11.5. The van der Waals surface area contributed by atoms with Gasteiger partial charge in [0.05, 0.1) is 13.0 Å². The van der Waals surface area contributed by atoms with Crippen LogP contribution in [0.25, 0.3) is 0 Å². The molecular formula is C20H26N4O4. The van der Waals surface area contributed by atoms with Gasteiger partial charge in [-0.1, -0.05) is 30.5 Å². The Balaban J connectivity index is 1.48. The largest absolute Gasteiger partial charge is 0.454 e. The van der Waals surface area contributed by atoms with Gasteiger partial charge in [-0.05, 0) is 30.5 Å². The van der Waals surface area contributed by atoms with Crippen molar-refractivity contribution in [1.82, 2.24) is 20.4 Å². The number of hydrogen-bond donors (Lipinski definition) is 1. The molecule has 1 fully saturated rings. The predicted octanol–water partition coefficient (Wildman–Crippen LogP) is 2.42. The minimum Gasteiger partial charge on any atom is -0.454 e. The van der Waals surface area contributed by atoms with Crippen molar-refractivity contribution in [3.63, 3.8) is 0 Å². The van der Waals surface area contributed by atoms with Gasteiger partial charge < -0.3 is 19.3 Å². The average molecular weight is 386 g/mol. The van der Waals surface area contributed by atoms with E-state index in [-0.39, 0.29) is 19.1 Å². The fourth-order valence-electron chi connectivity index (χ4n) is 3.87. The molecule has 150 valence electrons. The molecular weight excluding hydrogens is 360 g/mol. The van der Waals surface area contributed by atoms with Crippen LogP contribution in [-0.2, 0) is 24.3 Å². The number of rotatable bonds is 7. The van der Waals surface area contributed by atoms with E-state index in [0.29, 0.717) is 24.3 Å². The molecule has 0 radical (unpaired) electrons. The first-order valence-electron chi connectivity index (χ1n) is 9.86. The van der Waals surface area contributed by atoms with Gasteiger partial charge >= 0.3 is 0 Å². The Kier molecular flexibility index (Phi) is 5.76. The second kappa shape index (κ2) is 8.60. The molecule has 8 heteroatoms. The van der Waals surface area contributed by atoms with Crippen molar-refractivity contribution in [3.05, 3.63) is 35.5 Å². The van der Waals surface area contributed by atoms with Gasteiger partial charge in [0.25, 0.3) is 0 Å². The van der Waals surface area contributed by atoms with Crippen LogP contribution in [0, 0.1) is 0 Å². The van der Waals surface area contributed by atoms with E-state index in [4.69, 9.17) is 14.0 Å². The Bertz CT molecular complexity index is 816. The summed E-state index contributed by atoms with van der Waals surface area (Å²) in [6, 6.07) is 6.57. The second-order valence-electron chi connectivity index (χ2n) is 7.34. The summed E-state index contributed by atoms with van der Waals surface area (Å²) in [5.74, 6) is 2.43. The summed E-state index contributed by atoms with van der Waals surface area (Å²) in [4.78, 5) is 18.3. The van der Waals surface area contributed by atoms with Crippen LogP contribution in [0.2, 0.25) is 0 Å². The first-order valence-corrected chi connectivity index (χ1v) is 9.86. The number of amides is 1. The molecule has 0 unspecified atom stereocenters. The van der Waals surface area contributed by atoms with Crippen LogP contribution >= 0.6 is 0 Å². The summed E-state index contributed by atoms with van der Waals surface area (Å²) in [5, 5.41) is 6.52. The molecule has 1 aromatic heterocycles. The molecule has 2 heterocycles. The van der Waals surface area contributed by atoms with Gasteiger partial charge in [0.1, 0.15) is 0 Å². The lowest BCUT2D eigenvalue weighted by Gasteiger charge is -2.33. The number of aromatic nitrogens is 2. The smallest absolute Gasteiger partial charge is 0.240 e. The van der Waals surface area contributed by atoms with Crippen LogP contribution in [0.1, 0.15) is 49.4 Å². The molecule has 0 saturated heterocycles. The van der Waals surface area contributed by atoms with E-state index >= 15 is 0 Å². The van der Waals surface area contributed by atoms with E-state index in [2.05, 4.69) is 26.4 Å². The van der Waals surface area contributed by atoms with Gasteiger partial charge in [-0.3, -0.25) is 9.69 Å². The number of benzene rings is 1. The number of carbonyl (C=O) groups is 1.